The maximum absolute atomic E-state index is 12.9. The topological polar surface area (TPSA) is 80.3 Å². The number of ether oxygens (including phenoxy) is 4. The summed E-state index contributed by atoms with van der Waals surface area (Å²) in [6.07, 6.45) is 15.0. The van der Waals surface area contributed by atoms with Crippen molar-refractivity contribution in [3.05, 3.63) is 11.5 Å². The van der Waals surface area contributed by atoms with Crippen LogP contribution < -0.4 is 0 Å². The minimum Gasteiger partial charge on any atom is -0.536 e. The van der Waals surface area contributed by atoms with Gasteiger partial charge in [0.05, 0.1) is 6.61 Å². The van der Waals surface area contributed by atoms with Crippen LogP contribution in [0.4, 0.5) is 0 Å². The zero-order valence-corrected chi connectivity index (χ0v) is 27.1. The summed E-state index contributed by atoms with van der Waals surface area (Å²) in [6.45, 7) is 16.5. The van der Waals surface area contributed by atoms with E-state index in [1.54, 1.807) is 13.8 Å². The second kappa shape index (κ2) is 15.6. The van der Waals surface area contributed by atoms with Gasteiger partial charge in [0.2, 0.25) is 5.76 Å². The number of esters is 2. The van der Waals surface area contributed by atoms with Gasteiger partial charge in [0.1, 0.15) is 6.10 Å². The highest BCUT2D eigenvalue weighted by atomic mass is 28.4. The third-order valence-corrected chi connectivity index (χ3v) is 12.5. The van der Waals surface area contributed by atoms with E-state index in [1.165, 1.54) is 64.2 Å². The molecular weight excluding hydrogens is 512 g/mol. The molecule has 7 nitrogen and oxygen atoms in total. The number of cyclic esters (lactones) is 1. The molecule has 0 bridgehead atoms. The van der Waals surface area contributed by atoms with E-state index in [4.69, 9.17) is 23.4 Å². The maximum atomic E-state index is 12.9. The predicted molar refractivity (Wildman–Crippen MR) is 156 cm³/mol. The summed E-state index contributed by atoms with van der Waals surface area (Å²) in [4.78, 5) is 25.8. The molecule has 0 saturated carbocycles. The molecule has 0 aliphatic carbocycles. The van der Waals surface area contributed by atoms with Crippen LogP contribution in [0.15, 0.2) is 11.5 Å². The minimum absolute atomic E-state index is 0.0126. The molecule has 8 heteroatoms. The third kappa shape index (κ3) is 11.2. The van der Waals surface area contributed by atoms with Gasteiger partial charge in [0.15, 0.2) is 17.7 Å². The van der Waals surface area contributed by atoms with E-state index in [-0.39, 0.29) is 29.1 Å². The van der Waals surface area contributed by atoms with E-state index in [0.29, 0.717) is 6.42 Å². The monoisotopic (exact) mass is 568 g/mol. The van der Waals surface area contributed by atoms with E-state index in [2.05, 4.69) is 27.7 Å². The molecule has 2 rings (SSSR count). The Morgan fingerprint density at radius 2 is 1.44 bits per heavy atom. The summed E-state index contributed by atoms with van der Waals surface area (Å²) < 4.78 is 29.4. The molecule has 0 amide bonds. The van der Waals surface area contributed by atoms with Crippen molar-refractivity contribution in [2.75, 3.05) is 6.61 Å². The van der Waals surface area contributed by atoms with Crippen molar-refractivity contribution >= 4 is 20.3 Å². The molecule has 1 saturated heterocycles. The van der Waals surface area contributed by atoms with Gasteiger partial charge in [-0.3, -0.25) is 4.79 Å². The van der Waals surface area contributed by atoms with Crippen molar-refractivity contribution in [1.82, 2.24) is 0 Å². The fourth-order valence-corrected chi connectivity index (χ4v) is 5.63. The van der Waals surface area contributed by atoms with Crippen LogP contribution >= 0.6 is 0 Å². The number of hydrogen-bond donors (Lipinski definition) is 0. The largest absolute Gasteiger partial charge is 0.536 e. The van der Waals surface area contributed by atoms with Crippen LogP contribution in [0.5, 0.6) is 0 Å². The number of rotatable bonds is 18. The number of unbranched alkanes of at least 4 members (excludes halogenated alkanes) is 12. The second-order valence-electron chi connectivity index (χ2n) is 13.2. The number of carbonyl (C=O) groups excluding carboxylic acids is 2. The normalized spacial score (nSPS) is 21.4. The van der Waals surface area contributed by atoms with Crippen LogP contribution in [0.1, 0.15) is 131 Å². The smallest absolute Gasteiger partial charge is 0.376 e. The van der Waals surface area contributed by atoms with Gasteiger partial charge in [-0.25, -0.2) is 4.79 Å². The third-order valence-electron chi connectivity index (χ3n) is 8.14. The van der Waals surface area contributed by atoms with Gasteiger partial charge in [-0.15, -0.1) is 0 Å². The second-order valence-corrected chi connectivity index (χ2v) is 17.9. The van der Waals surface area contributed by atoms with Gasteiger partial charge in [0.25, 0.3) is 8.32 Å². The lowest BCUT2D eigenvalue weighted by molar-refractivity contribution is -0.165. The average Bonchev–Trinajstić information content (AvgIpc) is 3.34. The Hall–Kier alpha value is -1.38. The molecule has 0 aromatic rings. The fourth-order valence-electron chi connectivity index (χ4n) is 4.63. The highest BCUT2D eigenvalue weighted by Gasteiger charge is 2.51. The van der Waals surface area contributed by atoms with Crippen LogP contribution in [0, 0.1) is 0 Å². The maximum Gasteiger partial charge on any atom is 0.376 e. The van der Waals surface area contributed by atoms with E-state index in [1.807, 2.05) is 13.1 Å². The van der Waals surface area contributed by atoms with Crippen LogP contribution in [0.2, 0.25) is 18.1 Å². The molecule has 0 aromatic carbocycles. The van der Waals surface area contributed by atoms with Gasteiger partial charge in [-0.1, -0.05) is 105 Å². The van der Waals surface area contributed by atoms with Gasteiger partial charge in [0, 0.05) is 6.42 Å². The number of hydrogen-bond acceptors (Lipinski definition) is 7. The summed E-state index contributed by atoms with van der Waals surface area (Å²) in [5, 5.41) is -0.142. The molecule has 39 heavy (non-hydrogen) atoms. The molecule has 0 spiro atoms. The lowest BCUT2D eigenvalue weighted by atomic mass is 10.0. The lowest BCUT2D eigenvalue weighted by Crippen LogP contribution is -2.41. The van der Waals surface area contributed by atoms with Crippen molar-refractivity contribution in [1.29, 1.82) is 0 Å². The Labute approximate surface area is 238 Å². The first kappa shape index (κ1) is 33.8. The standard InChI is InChI=1S/C31H56O7Si/c1-9-10-11-12-13-14-15-16-17-18-19-20-21-22-25(32)35-27-26(24-23-34-31(5,6)37-24)36-29(33)28(27)38-39(7,8)30(2,3)4/h24,26H,9-23H2,1-8H3/t24-,26+/m0/s1. The SMILES string of the molecule is CCCCCCCCCCCCCCCC(=O)OC1=C(O[Si](C)(C)C(C)(C)C)C(=O)O[C@@H]1[C@@H]1COC(C)(C)O1. The molecule has 0 aromatic heterocycles. The predicted octanol–water partition coefficient (Wildman–Crippen LogP) is 8.32. The molecule has 0 unspecified atom stereocenters. The van der Waals surface area contributed by atoms with Crippen molar-refractivity contribution in [2.45, 2.75) is 168 Å². The van der Waals surface area contributed by atoms with Crippen molar-refractivity contribution < 1.29 is 33.0 Å². The first-order valence-electron chi connectivity index (χ1n) is 15.4. The van der Waals surface area contributed by atoms with Crippen LogP contribution in [-0.2, 0) is 33.0 Å². The molecule has 2 atom stereocenters. The Morgan fingerprint density at radius 3 is 1.90 bits per heavy atom. The van der Waals surface area contributed by atoms with E-state index >= 15 is 0 Å². The van der Waals surface area contributed by atoms with E-state index in [9.17, 15) is 9.59 Å². The van der Waals surface area contributed by atoms with Gasteiger partial charge < -0.3 is 23.4 Å². The van der Waals surface area contributed by atoms with Gasteiger partial charge in [-0.05, 0) is 38.4 Å². The quantitative estimate of drug-likeness (QED) is 0.0934. The molecule has 2 heterocycles. The Balaban J connectivity index is 1.84. The van der Waals surface area contributed by atoms with E-state index < -0.39 is 32.3 Å². The fraction of sp³-hybridized carbons (Fsp3) is 0.871. The number of carbonyl (C=O) groups is 2. The van der Waals surface area contributed by atoms with Crippen LogP contribution in [0.25, 0.3) is 0 Å². The molecular formula is C31H56O7Si. The Morgan fingerprint density at radius 1 is 0.923 bits per heavy atom. The highest BCUT2D eigenvalue weighted by molar-refractivity contribution is 6.74. The zero-order chi connectivity index (χ0) is 29.1. The van der Waals surface area contributed by atoms with Crippen LogP contribution in [-0.4, -0.2) is 44.9 Å². The summed E-state index contributed by atoms with van der Waals surface area (Å²) in [5.41, 5.74) is 0. The Kier molecular flexibility index (Phi) is 13.5. The highest BCUT2D eigenvalue weighted by Crippen LogP contribution is 2.41. The summed E-state index contributed by atoms with van der Waals surface area (Å²) in [5.74, 6) is -1.63. The van der Waals surface area contributed by atoms with Gasteiger partial charge >= 0.3 is 11.9 Å². The molecule has 226 valence electrons. The molecule has 0 radical (unpaired) electrons. The molecule has 2 aliphatic rings. The Bertz CT molecular complexity index is 812. The minimum atomic E-state index is -2.38. The molecule has 0 N–H and O–H groups in total. The van der Waals surface area contributed by atoms with Crippen molar-refractivity contribution in [3.8, 4) is 0 Å². The average molecular weight is 569 g/mol. The molecule has 2 aliphatic heterocycles. The zero-order valence-electron chi connectivity index (χ0n) is 26.1. The van der Waals surface area contributed by atoms with Crippen molar-refractivity contribution in [2.24, 2.45) is 0 Å². The summed E-state index contributed by atoms with van der Waals surface area (Å²) in [6, 6.07) is 0. The molecule has 1 fully saturated rings. The summed E-state index contributed by atoms with van der Waals surface area (Å²) >= 11 is 0. The first-order valence-corrected chi connectivity index (χ1v) is 18.3. The van der Waals surface area contributed by atoms with E-state index in [0.717, 1.165) is 19.3 Å². The first-order chi connectivity index (χ1) is 18.3. The lowest BCUT2D eigenvalue weighted by Gasteiger charge is -2.36. The van der Waals surface area contributed by atoms with Crippen molar-refractivity contribution in [3.63, 3.8) is 0 Å². The van der Waals surface area contributed by atoms with Gasteiger partial charge in [-0.2, -0.15) is 0 Å². The summed E-state index contributed by atoms with van der Waals surface area (Å²) in [7, 11) is -2.38. The van der Waals surface area contributed by atoms with Crippen LogP contribution in [0.3, 0.4) is 0 Å².